The first-order valence-electron chi connectivity index (χ1n) is 7.11. The first kappa shape index (κ1) is 14.3. The Balaban J connectivity index is 1.64. The molecular formula is C15H23FN2O. The van der Waals surface area contributed by atoms with Crippen molar-refractivity contribution in [3.05, 3.63) is 30.1 Å². The van der Waals surface area contributed by atoms with Crippen LogP contribution in [0.1, 0.15) is 19.8 Å². The molecule has 1 heterocycles. The van der Waals surface area contributed by atoms with Gasteiger partial charge in [-0.2, -0.15) is 0 Å². The van der Waals surface area contributed by atoms with E-state index in [9.17, 15) is 4.39 Å². The van der Waals surface area contributed by atoms with Crippen molar-refractivity contribution >= 4 is 5.69 Å². The van der Waals surface area contributed by atoms with E-state index in [2.05, 4.69) is 17.1 Å². The number of rotatable bonds is 6. The minimum atomic E-state index is -0.192. The summed E-state index contributed by atoms with van der Waals surface area (Å²) in [7, 11) is 0. The van der Waals surface area contributed by atoms with Crippen molar-refractivity contribution in [3.63, 3.8) is 0 Å². The van der Waals surface area contributed by atoms with Crippen molar-refractivity contribution in [2.45, 2.75) is 25.9 Å². The van der Waals surface area contributed by atoms with Gasteiger partial charge in [-0.25, -0.2) is 4.39 Å². The zero-order valence-electron chi connectivity index (χ0n) is 11.6. The number of hydrogen-bond acceptors (Lipinski definition) is 3. The normalized spacial score (nSPS) is 17.6. The Labute approximate surface area is 114 Å². The highest BCUT2D eigenvalue weighted by atomic mass is 19.1. The van der Waals surface area contributed by atoms with Crippen LogP contribution in [0.4, 0.5) is 10.1 Å². The number of nitrogens with zero attached hydrogens (tertiary/aromatic N) is 1. The molecule has 1 aromatic rings. The number of ether oxygens (including phenoxy) is 1. The second kappa shape index (κ2) is 7.46. The fourth-order valence-electron chi connectivity index (χ4n) is 2.49. The van der Waals surface area contributed by atoms with Gasteiger partial charge in [0.2, 0.25) is 0 Å². The van der Waals surface area contributed by atoms with Gasteiger partial charge >= 0.3 is 0 Å². The van der Waals surface area contributed by atoms with E-state index in [4.69, 9.17) is 4.74 Å². The zero-order chi connectivity index (χ0) is 13.5. The second-order valence-corrected chi connectivity index (χ2v) is 4.93. The molecule has 1 aromatic carbocycles. The molecule has 0 radical (unpaired) electrons. The molecule has 0 atom stereocenters. The van der Waals surface area contributed by atoms with Gasteiger partial charge in [-0.1, -0.05) is 6.07 Å². The van der Waals surface area contributed by atoms with E-state index in [1.807, 2.05) is 6.07 Å². The Bertz CT molecular complexity index is 378. The summed E-state index contributed by atoms with van der Waals surface area (Å²) in [6.45, 7) is 6.89. The van der Waals surface area contributed by atoms with Gasteiger partial charge in [0.05, 0.1) is 6.10 Å². The van der Waals surface area contributed by atoms with Crippen molar-refractivity contribution in [1.82, 2.24) is 4.90 Å². The molecule has 0 aromatic heterocycles. The maximum Gasteiger partial charge on any atom is 0.125 e. The molecule has 1 saturated heterocycles. The summed E-state index contributed by atoms with van der Waals surface area (Å²) >= 11 is 0. The van der Waals surface area contributed by atoms with E-state index in [0.717, 1.165) is 51.3 Å². The molecule has 0 bridgehead atoms. The third-order valence-electron chi connectivity index (χ3n) is 3.52. The summed E-state index contributed by atoms with van der Waals surface area (Å²) in [4.78, 5) is 2.43. The monoisotopic (exact) mass is 266 g/mol. The predicted octanol–water partition coefficient (Wildman–Crippen LogP) is 2.74. The van der Waals surface area contributed by atoms with Crippen LogP contribution in [0.2, 0.25) is 0 Å². The Morgan fingerprint density at radius 3 is 2.84 bits per heavy atom. The molecule has 0 unspecified atom stereocenters. The van der Waals surface area contributed by atoms with E-state index in [1.165, 1.54) is 12.1 Å². The molecule has 0 spiro atoms. The third kappa shape index (κ3) is 4.80. The molecule has 3 nitrogen and oxygen atoms in total. The van der Waals surface area contributed by atoms with Gasteiger partial charge in [-0.3, -0.25) is 0 Å². The van der Waals surface area contributed by atoms with Gasteiger partial charge < -0.3 is 15.0 Å². The Hall–Kier alpha value is -1.13. The average Bonchev–Trinajstić information content (AvgIpc) is 2.41. The van der Waals surface area contributed by atoms with Crippen molar-refractivity contribution < 1.29 is 9.13 Å². The van der Waals surface area contributed by atoms with E-state index in [0.29, 0.717) is 6.10 Å². The number of halogens is 1. The van der Waals surface area contributed by atoms with Crippen LogP contribution in [-0.4, -0.2) is 43.8 Å². The topological polar surface area (TPSA) is 24.5 Å². The molecule has 19 heavy (non-hydrogen) atoms. The van der Waals surface area contributed by atoms with Crippen molar-refractivity contribution in [3.8, 4) is 0 Å². The fraction of sp³-hybridized carbons (Fsp3) is 0.600. The summed E-state index contributed by atoms with van der Waals surface area (Å²) in [6.07, 6.45) is 2.68. The largest absolute Gasteiger partial charge is 0.384 e. The highest BCUT2D eigenvalue weighted by Crippen LogP contribution is 2.13. The summed E-state index contributed by atoms with van der Waals surface area (Å²) in [6, 6.07) is 6.61. The van der Waals surface area contributed by atoms with Crippen LogP contribution in [-0.2, 0) is 4.74 Å². The van der Waals surface area contributed by atoms with Gasteiger partial charge in [0.25, 0.3) is 0 Å². The zero-order valence-corrected chi connectivity index (χ0v) is 11.6. The van der Waals surface area contributed by atoms with Crippen LogP contribution in [0.3, 0.4) is 0 Å². The summed E-state index contributed by atoms with van der Waals surface area (Å²) < 4.78 is 18.6. The molecule has 1 aliphatic rings. The molecule has 0 amide bonds. The van der Waals surface area contributed by atoms with Gasteiger partial charge in [0.15, 0.2) is 0 Å². The Morgan fingerprint density at radius 1 is 1.37 bits per heavy atom. The molecule has 4 heteroatoms. The standard InChI is InChI=1S/C15H23FN2O/c1-2-19-15-6-9-18(10-7-15)11-8-17-14-5-3-4-13(16)12-14/h3-5,12,15,17H,2,6-11H2,1H3. The van der Waals surface area contributed by atoms with Crippen molar-refractivity contribution in [2.24, 2.45) is 0 Å². The van der Waals surface area contributed by atoms with Crippen molar-refractivity contribution in [1.29, 1.82) is 0 Å². The predicted molar refractivity (Wildman–Crippen MR) is 76.0 cm³/mol. The highest BCUT2D eigenvalue weighted by molar-refractivity contribution is 5.42. The van der Waals surface area contributed by atoms with Crippen LogP contribution in [0.15, 0.2) is 24.3 Å². The summed E-state index contributed by atoms with van der Waals surface area (Å²) in [5.41, 5.74) is 0.851. The molecular weight excluding hydrogens is 243 g/mol. The number of hydrogen-bond donors (Lipinski definition) is 1. The van der Waals surface area contributed by atoms with Crippen LogP contribution in [0.5, 0.6) is 0 Å². The number of nitrogens with one attached hydrogen (secondary N) is 1. The first-order chi connectivity index (χ1) is 9.28. The second-order valence-electron chi connectivity index (χ2n) is 4.93. The lowest BCUT2D eigenvalue weighted by molar-refractivity contribution is 0.0152. The van der Waals surface area contributed by atoms with E-state index in [-0.39, 0.29) is 5.82 Å². The smallest absolute Gasteiger partial charge is 0.125 e. The lowest BCUT2D eigenvalue weighted by atomic mass is 10.1. The molecule has 1 aliphatic heterocycles. The van der Waals surface area contributed by atoms with Crippen LogP contribution >= 0.6 is 0 Å². The van der Waals surface area contributed by atoms with Crippen LogP contribution < -0.4 is 5.32 Å². The van der Waals surface area contributed by atoms with Crippen molar-refractivity contribution in [2.75, 3.05) is 38.1 Å². The molecule has 2 rings (SSSR count). The lowest BCUT2D eigenvalue weighted by Gasteiger charge is -2.31. The molecule has 0 saturated carbocycles. The first-order valence-corrected chi connectivity index (χ1v) is 7.11. The average molecular weight is 266 g/mol. The van der Waals surface area contributed by atoms with E-state index in [1.54, 1.807) is 6.07 Å². The van der Waals surface area contributed by atoms with Gasteiger partial charge in [0, 0.05) is 38.5 Å². The van der Waals surface area contributed by atoms with E-state index >= 15 is 0 Å². The number of likely N-dealkylation sites (tertiary alicyclic amines) is 1. The maximum atomic E-state index is 13.0. The number of benzene rings is 1. The fourth-order valence-corrected chi connectivity index (χ4v) is 2.49. The molecule has 0 aliphatic carbocycles. The quantitative estimate of drug-likeness (QED) is 0.857. The third-order valence-corrected chi connectivity index (χ3v) is 3.52. The molecule has 1 fully saturated rings. The van der Waals surface area contributed by atoms with Gasteiger partial charge in [-0.05, 0) is 38.0 Å². The molecule has 106 valence electrons. The maximum absolute atomic E-state index is 13.0. The minimum absolute atomic E-state index is 0.192. The summed E-state index contributed by atoms with van der Waals surface area (Å²) in [5, 5.41) is 3.26. The lowest BCUT2D eigenvalue weighted by Crippen LogP contribution is -2.39. The summed E-state index contributed by atoms with van der Waals surface area (Å²) in [5.74, 6) is -0.192. The number of anilines is 1. The highest BCUT2D eigenvalue weighted by Gasteiger charge is 2.18. The van der Waals surface area contributed by atoms with Crippen LogP contribution in [0, 0.1) is 5.82 Å². The SMILES string of the molecule is CCOC1CCN(CCNc2cccc(F)c2)CC1. The molecule has 1 N–H and O–H groups in total. The Morgan fingerprint density at radius 2 is 2.16 bits per heavy atom. The van der Waals surface area contributed by atoms with Gasteiger partial charge in [-0.15, -0.1) is 0 Å². The van der Waals surface area contributed by atoms with E-state index < -0.39 is 0 Å². The van der Waals surface area contributed by atoms with Gasteiger partial charge in [0.1, 0.15) is 5.82 Å². The van der Waals surface area contributed by atoms with Crippen LogP contribution in [0.25, 0.3) is 0 Å². The minimum Gasteiger partial charge on any atom is -0.384 e. The Kier molecular flexibility index (Phi) is 5.61. The number of piperidine rings is 1.